The largest absolute Gasteiger partial charge is 0.426 e. The molecule has 25 heavy (non-hydrogen) atoms. The summed E-state index contributed by atoms with van der Waals surface area (Å²) in [5.74, 6) is 0.420. The van der Waals surface area contributed by atoms with E-state index in [9.17, 15) is 9.59 Å². The van der Waals surface area contributed by atoms with Crippen LogP contribution >= 0.6 is 11.3 Å². The number of carbonyl (C=O) groups is 1. The van der Waals surface area contributed by atoms with Crippen LogP contribution in [0.2, 0.25) is 0 Å². The fourth-order valence-electron chi connectivity index (χ4n) is 2.96. The highest BCUT2D eigenvalue weighted by atomic mass is 32.1. The molecule has 3 aromatic rings. The summed E-state index contributed by atoms with van der Waals surface area (Å²) in [6, 6.07) is 15.6. The van der Waals surface area contributed by atoms with Crippen molar-refractivity contribution in [3.8, 4) is 5.75 Å². The molecule has 1 aromatic heterocycles. The van der Waals surface area contributed by atoms with Gasteiger partial charge in [-0.25, -0.2) is 0 Å². The fraction of sp³-hybridized carbons (Fsp3) is 0.238. The van der Waals surface area contributed by atoms with Crippen molar-refractivity contribution in [2.24, 2.45) is 5.92 Å². The van der Waals surface area contributed by atoms with Crippen LogP contribution in [-0.4, -0.2) is 5.97 Å². The second-order valence-corrected chi connectivity index (χ2v) is 7.52. The molecule has 1 aliphatic rings. The minimum atomic E-state index is -0.163. The first kappa shape index (κ1) is 16.0. The number of benzene rings is 2. The van der Waals surface area contributed by atoms with Crippen molar-refractivity contribution < 1.29 is 9.53 Å². The van der Waals surface area contributed by atoms with Crippen molar-refractivity contribution in [1.82, 2.24) is 0 Å². The minimum Gasteiger partial charge on any atom is -0.426 e. The maximum absolute atomic E-state index is 12.6. The van der Waals surface area contributed by atoms with Crippen LogP contribution < -0.4 is 9.48 Å². The molecule has 0 aliphatic heterocycles. The van der Waals surface area contributed by atoms with Crippen LogP contribution in [0.3, 0.4) is 0 Å². The summed E-state index contributed by atoms with van der Waals surface area (Å²) < 4.78 is 6.35. The summed E-state index contributed by atoms with van der Waals surface area (Å²) in [6.07, 6.45) is 2.47. The van der Waals surface area contributed by atoms with Gasteiger partial charge < -0.3 is 4.74 Å². The van der Waals surface area contributed by atoms with E-state index < -0.39 is 0 Å². The molecule has 0 unspecified atom stereocenters. The summed E-state index contributed by atoms with van der Waals surface area (Å²) >= 11 is 1.22. The van der Waals surface area contributed by atoms with Gasteiger partial charge in [0.15, 0.2) is 0 Å². The van der Waals surface area contributed by atoms with Gasteiger partial charge in [-0.05, 0) is 54.5 Å². The van der Waals surface area contributed by atoms with Gasteiger partial charge in [-0.15, -0.1) is 0 Å². The Balaban J connectivity index is 1.70. The Morgan fingerprint density at radius 1 is 1.16 bits per heavy atom. The number of aryl methyl sites for hydroxylation is 1. The predicted octanol–water partition coefficient (Wildman–Crippen LogP) is 4.48. The van der Waals surface area contributed by atoms with Crippen LogP contribution in [0.4, 0.5) is 0 Å². The van der Waals surface area contributed by atoms with Gasteiger partial charge in [0, 0.05) is 16.7 Å². The molecule has 1 aliphatic carbocycles. The minimum absolute atomic E-state index is 0.0597. The highest BCUT2D eigenvalue weighted by Gasteiger charge is 2.31. The number of fused-ring (bicyclic) bond motifs is 1. The lowest BCUT2D eigenvalue weighted by molar-refractivity contribution is -0.135. The zero-order chi connectivity index (χ0) is 17.4. The maximum Gasteiger partial charge on any atom is 0.314 e. The number of ether oxygens (including phenoxy) is 1. The molecule has 4 heteroatoms. The van der Waals surface area contributed by atoms with Gasteiger partial charge in [-0.3, -0.25) is 9.59 Å². The average Bonchev–Trinajstić information content (AvgIpc) is 3.44. The molecule has 0 saturated heterocycles. The second-order valence-electron chi connectivity index (χ2n) is 6.51. The zero-order valence-electron chi connectivity index (χ0n) is 14.0. The van der Waals surface area contributed by atoms with Gasteiger partial charge in [0.05, 0.1) is 5.92 Å². The van der Waals surface area contributed by atoms with Crippen LogP contribution in [0.15, 0.2) is 53.3 Å². The lowest BCUT2D eigenvalue weighted by Crippen LogP contribution is -2.10. The van der Waals surface area contributed by atoms with E-state index in [-0.39, 0.29) is 16.6 Å². The topological polar surface area (TPSA) is 43.4 Å². The molecule has 0 spiro atoms. The van der Waals surface area contributed by atoms with Gasteiger partial charge >= 0.3 is 5.97 Å². The first-order chi connectivity index (χ1) is 12.1. The summed E-state index contributed by atoms with van der Waals surface area (Å²) in [6.45, 7) is 1.99. The third-order valence-electron chi connectivity index (χ3n) is 4.61. The molecule has 126 valence electrons. The second kappa shape index (κ2) is 6.45. The molecule has 0 radical (unpaired) electrons. The predicted molar refractivity (Wildman–Crippen MR) is 100 cm³/mol. The van der Waals surface area contributed by atoms with Crippen LogP contribution in [0.25, 0.3) is 10.1 Å². The molecule has 0 N–H and O–H groups in total. The van der Waals surface area contributed by atoms with Crippen LogP contribution in [0, 0.1) is 12.8 Å². The van der Waals surface area contributed by atoms with Crippen molar-refractivity contribution in [2.45, 2.75) is 26.2 Å². The first-order valence-electron chi connectivity index (χ1n) is 8.44. The van der Waals surface area contributed by atoms with Crippen LogP contribution in [0.5, 0.6) is 5.75 Å². The van der Waals surface area contributed by atoms with Gasteiger partial charge in [-0.2, -0.15) is 0 Å². The Labute approximate surface area is 149 Å². The summed E-state index contributed by atoms with van der Waals surface area (Å²) in [5, 5.41) is 1.04. The van der Waals surface area contributed by atoms with Crippen LogP contribution in [0.1, 0.15) is 29.5 Å². The molecule has 1 saturated carbocycles. The van der Waals surface area contributed by atoms with E-state index in [1.54, 1.807) is 6.07 Å². The van der Waals surface area contributed by atoms with E-state index in [1.165, 1.54) is 11.3 Å². The Kier molecular flexibility index (Phi) is 4.14. The molecule has 1 fully saturated rings. The Hall–Kier alpha value is -2.46. The van der Waals surface area contributed by atoms with E-state index >= 15 is 0 Å². The molecule has 1 heterocycles. The van der Waals surface area contributed by atoms with Crippen molar-refractivity contribution in [3.05, 3.63) is 74.8 Å². The van der Waals surface area contributed by atoms with Crippen LogP contribution in [-0.2, 0) is 11.2 Å². The molecule has 0 atom stereocenters. The van der Waals surface area contributed by atoms with Gasteiger partial charge in [0.25, 0.3) is 0 Å². The van der Waals surface area contributed by atoms with Crippen molar-refractivity contribution in [2.75, 3.05) is 0 Å². The SMILES string of the molecule is Cc1c(Cc2ccccc2)c(=O)sc2cc(OC(=O)C3CC3)ccc12. The quantitative estimate of drug-likeness (QED) is 0.515. The standard InChI is InChI=1S/C21H18O3S/c1-13-17-10-9-16(24-20(22)15-7-8-15)12-19(17)25-21(23)18(13)11-14-5-3-2-4-6-14/h2-6,9-10,12,15H,7-8,11H2,1H3. The smallest absolute Gasteiger partial charge is 0.314 e. The number of hydrogen-bond donors (Lipinski definition) is 0. The third kappa shape index (κ3) is 3.35. The highest BCUT2D eigenvalue weighted by molar-refractivity contribution is 7.16. The lowest BCUT2D eigenvalue weighted by Gasteiger charge is -2.10. The van der Waals surface area contributed by atoms with E-state index in [2.05, 4.69) is 0 Å². The monoisotopic (exact) mass is 350 g/mol. The van der Waals surface area contributed by atoms with E-state index in [0.29, 0.717) is 12.2 Å². The first-order valence-corrected chi connectivity index (χ1v) is 9.25. The zero-order valence-corrected chi connectivity index (χ0v) is 14.8. The number of esters is 1. The lowest BCUT2D eigenvalue weighted by atomic mass is 10.0. The highest BCUT2D eigenvalue weighted by Crippen LogP contribution is 2.32. The van der Waals surface area contributed by atoms with E-state index in [1.807, 2.05) is 49.4 Å². The molecular formula is C21H18O3S. The van der Waals surface area contributed by atoms with Gasteiger partial charge in [0.1, 0.15) is 5.75 Å². The van der Waals surface area contributed by atoms with Gasteiger partial charge in [0.2, 0.25) is 4.74 Å². The van der Waals surface area contributed by atoms with Crippen molar-refractivity contribution in [3.63, 3.8) is 0 Å². The normalized spacial score (nSPS) is 13.8. The molecule has 2 aromatic carbocycles. The van der Waals surface area contributed by atoms with Gasteiger partial charge in [-0.1, -0.05) is 41.7 Å². The summed E-state index contributed by atoms with van der Waals surface area (Å²) in [7, 11) is 0. The molecular weight excluding hydrogens is 332 g/mol. The Bertz CT molecular complexity index is 1000. The Morgan fingerprint density at radius 3 is 2.64 bits per heavy atom. The number of rotatable bonds is 4. The van der Waals surface area contributed by atoms with E-state index in [4.69, 9.17) is 4.74 Å². The average molecular weight is 350 g/mol. The Morgan fingerprint density at radius 2 is 1.92 bits per heavy atom. The summed E-state index contributed by atoms with van der Waals surface area (Å²) in [4.78, 5) is 24.4. The van der Waals surface area contributed by atoms with Crippen molar-refractivity contribution >= 4 is 27.4 Å². The molecule has 0 bridgehead atoms. The number of hydrogen-bond acceptors (Lipinski definition) is 4. The van der Waals surface area contributed by atoms with E-state index in [0.717, 1.165) is 39.6 Å². The fourth-order valence-corrected chi connectivity index (χ4v) is 4.02. The molecule has 4 rings (SSSR count). The van der Waals surface area contributed by atoms with Crippen molar-refractivity contribution in [1.29, 1.82) is 0 Å². The maximum atomic E-state index is 12.6. The third-order valence-corrected chi connectivity index (χ3v) is 5.60. The summed E-state index contributed by atoms with van der Waals surface area (Å²) in [5.41, 5.74) is 2.97. The molecule has 0 amide bonds. The number of carbonyl (C=O) groups excluding carboxylic acids is 1. The molecule has 3 nitrogen and oxygen atoms in total.